The first-order chi connectivity index (χ1) is 8.67. The Kier molecular flexibility index (Phi) is 6.40. The number of hydrogen-bond acceptors (Lipinski definition) is 2. The fraction of sp³-hybridized carbons (Fsp3) is 0.533. The van der Waals surface area contributed by atoms with Crippen LogP contribution < -0.4 is 0 Å². The van der Waals surface area contributed by atoms with Crippen molar-refractivity contribution in [3.05, 3.63) is 35.6 Å². The molecule has 0 heterocycles. The van der Waals surface area contributed by atoms with Crippen LogP contribution in [0.3, 0.4) is 0 Å². The van der Waals surface area contributed by atoms with E-state index in [1.165, 1.54) is 12.1 Å². The number of carbonyl (C=O) groups is 1. The Morgan fingerprint density at radius 3 is 2.44 bits per heavy atom. The summed E-state index contributed by atoms with van der Waals surface area (Å²) in [4.78, 5) is 11.6. The van der Waals surface area contributed by atoms with Crippen LogP contribution in [0.1, 0.15) is 51.0 Å². The molecule has 1 aromatic carbocycles. The van der Waals surface area contributed by atoms with Gasteiger partial charge in [-0.2, -0.15) is 0 Å². The summed E-state index contributed by atoms with van der Waals surface area (Å²) in [5, 5.41) is 0. The van der Waals surface area contributed by atoms with Crippen molar-refractivity contribution in [2.24, 2.45) is 0 Å². The number of halogens is 1. The number of rotatable bonds is 7. The summed E-state index contributed by atoms with van der Waals surface area (Å²) >= 11 is 0. The first-order valence-electron chi connectivity index (χ1n) is 6.58. The number of hydrogen-bond donors (Lipinski definition) is 0. The number of carbonyl (C=O) groups excluding carboxylic acids is 1. The molecule has 0 aromatic heterocycles. The third-order valence-electron chi connectivity index (χ3n) is 2.86. The lowest BCUT2D eigenvalue weighted by atomic mass is 9.91. The molecule has 0 aliphatic rings. The number of benzene rings is 1. The minimum Gasteiger partial charge on any atom is -0.466 e. The molecular weight excluding hydrogens is 231 g/mol. The Labute approximate surface area is 108 Å². The molecule has 0 aliphatic carbocycles. The average molecular weight is 252 g/mol. The zero-order chi connectivity index (χ0) is 13.4. The van der Waals surface area contributed by atoms with E-state index in [9.17, 15) is 9.18 Å². The van der Waals surface area contributed by atoms with Crippen LogP contribution in [0.4, 0.5) is 4.39 Å². The molecule has 0 aliphatic heterocycles. The van der Waals surface area contributed by atoms with Gasteiger partial charge in [-0.15, -0.1) is 0 Å². The Hall–Kier alpha value is -1.38. The van der Waals surface area contributed by atoms with E-state index in [4.69, 9.17) is 4.74 Å². The monoisotopic (exact) mass is 252 g/mol. The highest BCUT2D eigenvalue weighted by molar-refractivity contribution is 5.70. The maximum atomic E-state index is 12.9. The minimum atomic E-state index is -0.248. The van der Waals surface area contributed by atoms with Crippen LogP contribution in [0.15, 0.2) is 24.3 Å². The lowest BCUT2D eigenvalue weighted by Crippen LogP contribution is -2.11. The van der Waals surface area contributed by atoms with Crippen LogP contribution in [0.25, 0.3) is 0 Å². The summed E-state index contributed by atoms with van der Waals surface area (Å²) in [6, 6.07) is 6.39. The van der Waals surface area contributed by atoms with E-state index in [1.807, 2.05) is 6.92 Å². The first kappa shape index (κ1) is 14.7. The van der Waals surface area contributed by atoms with Crippen molar-refractivity contribution in [3.8, 4) is 0 Å². The van der Waals surface area contributed by atoms with Crippen molar-refractivity contribution in [1.29, 1.82) is 0 Å². The van der Waals surface area contributed by atoms with Gasteiger partial charge in [0.25, 0.3) is 0 Å². The first-order valence-corrected chi connectivity index (χ1v) is 6.58. The molecule has 0 saturated heterocycles. The van der Waals surface area contributed by atoms with Crippen LogP contribution in [0.2, 0.25) is 0 Å². The molecule has 1 aromatic rings. The summed E-state index contributed by atoms with van der Waals surface area (Å²) in [7, 11) is 0. The predicted octanol–water partition coefficient (Wildman–Crippen LogP) is 4.05. The number of ether oxygens (including phenoxy) is 1. The highest BCUT2D eigenvalue weighted by atomic mass is 19.1. The molecule has 2 nitrogen and oxygen atoms in total. The fourth-order valence-corrected chi connectivity index (χ4v) is 1.95. The number of esters is 1. The van der Waals surface area contributed by atoms with Crippen molar-refractivity contribution in [2.45, 2.75) is 45.4 Å². The Balaban J connectivity index is 2.64. The molecule has 0 amide bonds. The molecule has 100 valence electrons. The van der Waals surface area contributed by atoms with Gasteiger partial charge in [0, 0.05) is 0 Å². The molecule has 0 bridgehead atoms. The molecule has 0 radical (unpaired) electrons. The molecule has 3 heteroatoms. The van der Waals surface area contributed by atoms with Crippen LogP contribution in [-0.2, 0) is 9.53 Å². The molecule has 0 spiro atoms. The van der Waals surface area contributed by atoms with Gasteiger partial charge in [-0.05, 0) is 36.5 Å². The van der Waals surface area contributed by atoms with Gasteiger partial charge < -0.3 is 4.74 Å². The van der Waals surface area contributed by atoms with Gasteiger partial charge in [-0.25, -0.2) is 4.39 Å². The Morgan fingerprint density at radius 1 is 1.22 bits per heavy atom. The summed E-state index contributed by atoms with van der Waals surface area (Å²) in [6.45, 7) is 4.52. The summed E-state index contributed by atoms with van der Waals surface area (Å²) < 4.78 is 18.0. The fourth-order valence-electron chi connectivity index (χ4n) is 1.95. The van der Waals surface area contributed by atoms with Crippen LogP contribution in [0, 0.1) is 5.82 Å². The van der Waals surface area contributed by atoms with E-state index in [2.05, 4.69) is 6.92 Å². The Morgan fingerprint density at radius 2 is 1.89 bits per heavy atom. The maximum Gasteiger partial charge on any atom is 0.306 e. The molecular formula is C15H21FO2. The maximum absolute atomic E-state index is 12.9. The third kappa shape index (κ3) is 4.86. The minimum absolute atomic E-state index is 0.125. The highest BCUT2D eigenvalue weighted by Crippen LogP contribution is 2.25. The van der Waals surface area contributed by atoms with E-state index in [0.717, 1.165) is 24.8 Å². The topological polar surface area (TPSA) is 26.3 Å². The quantitative estimate of drug-likeness (QED) is 0.684. The van der Waals surface area contributed by atoms with Crippen LogP contribution in [-0.4, -0.2) is 12.6 Å². The zero-order valence-corrected chi connectivity index (χ0v) is 11.1. The van der Waals surface area contributed by atoms with E-state index in [-0.39, 0.29) is 17.7 Å². The van der Waals surface area contributed by atoms with Gasteiger partial charge in [0.1, 0.15) is 5.82 Å². The van der Waals surface area contributed by atoms with E-state index >= 15 is 0 Å². The summed E-state index contributed by atoms with van der Waals surface area (Å²) in [5.41, 5.74) is 1.01. The molecule has 0 fully saturated rings. The van der Waals surface area contributed by atoms with E-state index in [0.29, 0.717) is 13.0 Å². The second-order valence-corrected chi connectivity index (χ2v) is 4.46. The third-order valence-corrected chi connectivity index (χ3v) is 2.86. The second kappa shape index (κ2) is 7.85. The normalized spacial score (nSPS) is 12.2. The second-order valence-electron chi connectivity index (χ2n) is 4.46. The van der Waals surface area contributed by atoms with Gasteiger partial charge in [0.15, 0.2) is 0 Å². The molecule has 18 heavy (non-hydrogen) atoms. The van der Waals surface area contributed by atoms with Crippen LogP contribution >= 0.6 is 0 Å². The molecule has 1 unspecified atom stereocenters. The standard InChI is InChI=1S/C15H21FO2/c1-3-5-13(11-15(17)18-10-4-2)12-6-8-14(16)9-7-12/h6-9,13H,3-5,10-11H2,1-2H3. The summed E-state index contributed by atoms with van der Waals surface area (Å²) in [5.74, 6) is -0.290. The SMILES string of the molecule is CCCOC(=O)CC(CCC)c1ccc(F)cc1. The van der Waals surface area contributed by atoms with Crippen molar-refractivity contribution < 1.29 is 13.9 Å². The molecule has 0 saturated carbocycles. The Bertz CT molecular complexity index is 359. The van der Waals surface area contributed by atoms with Gasteiger partial charge in [0.05, 0.1) is 13.0 Å². The van der Waals surface area contributed by atoms with Crippen molar-refractivity contribution in [3.63, 3.8) is 0 Å². The van der Waals surface area contributed by atoms with Crippen molar-refractivity contribution in [2.75, 3.05) is 6.61 Å². The van der Waals surface area contributed by atoms with Crippen LogP contribution in [0.5, 0.6) is 0 Å². The highest BCUT2D eigenvalue weighted by Gasteiger charge is 2.16. The molecule has 1 atom stereocenters. The van der Waals surface area contributed by atoms with Crippen molar-refractivity contribution in [1.82, 2.24) is 0 Å². The predicted molar refractivity (Wildman–Crippen MR) is 69.9 cm³/mol. The average Bonchev–Trinajstić information content (AvgIpc) is 2.37. The smallest absolute Gasteiger partial charge is 0.306 e. The zero-order valence-electron chi connectivity index (χ0n) is 11.1. The van der Waals surface area contributed by atoms with E-state index < -0.39 is 0 Å². The van der Waals surface area contributed by atoms with Gasteiger partial charge in [0.2, 0.25) is 0 Å². The van der Waals surface area contributed by atoms with Gasteiger partial charge in [-0.3, -0.25) is 4.79 Å². The van der Waals surface area contributed by atoms with E-state index in [1.54, 1.807) is 12.1 Å². The lowest BCUT2D eigenvalue weighted by molar-refractivity contribution is -0.144. The van der Waals surface area contributed by atoms with Crippen molar-refractivity contribution >= 4 is 5.97 Å². The molecule has 1 rings (SSSR count). The summed E-state index contributed by atoms with van der Waals surface area (Å²) in [6.07, 6.45) is 3.11. The largest absolute Gasteiger partial charge is 0.466 e. The van der Waals surface area contributed by atoms with Gasteiger partial charge in [-0.1, -0.05) is 32.4 Å². The van der Waals surface area contributed by atoms with Gasteiger partial charge >= 0.3 is 5.97 Å². The lowest BCUT2D eigenvalue weighted by Gasteiger charge is -2.15. The molecule has 0 N–H and O–H groups in total.